The van der Waals surface area contributed by atoms with Crippen LogP contribution in [0.2, 0.25) is 0 Å². The largest absolute Gasteiger partial charge is 0.462 e. The van der Waals surface area contributed by atoms with Gasteiger partial charge in [0.25, 0.3) is 0 Å². The molecule has 0 unspecified atom stereocenters. The van der Waals surface area contributed by atoms with Crippen molar-refractivity contribution in [2.75, 3.05) is 31.1 Å². The molecule has 1 fully saturated rings. The molecule has 0 atom stereocenters. The van der Waals surface area contributed by atoms with Crippen molar-refractivity contribution >= 4 is 16.7 Å². The summed E-state index contributed by atoms with van der Waals surface area (Å²) in [7, 11) is 0. The third kappa shape index (κ3) is 1.55. The average Bonchev–Trinajstić information content (AvgIpc) is 2.73. The van der Waals surface area contributed by atoms with Crippen LogP contribution in [0.5, 0.6) is 0 Å². The van der Waals surface area contributed by atoms with E-state index < -0.39 is 0 Å². The maximum Gasteiger partial charge on any atom is 0.136 e. The number of hydrogen-bond donors (Lipinski definition) is 1. The molecule has 0 radical (unpaired) electrons. The van der Waals surface area contributed by atoms with Crippen LogP contribution in [-0.2, 0) is 0 Å². The van der Waals surface area contributed by atoms with Crippen molar-refractivity contribution in [2.45, 2.75) is 0 Å². The lowest BCUT2D eigenvalue weighted by molar-refractivity contribution is 0.578. The van der Waals surface area contributed by atoms with Crippen molar-refractivity contribution in [1.29, 1.82) is 0 Å². The maximum atomic E-state index is 13.2. The van der Waals surface area contributed by atoms with Gasteiger partial charge in [0.1, 0.15) is 17.7 Å². The van der Waals surface area contributed by atoms with Crippen molar-refractivity contribution in [3.05, 3.63) is 30.3 Å². The number of fused-ring (bicyclic) bond motifs is 1. The normalized spacial score (nSPS) is 16.9. The number of anilines is 1. The highest BCUT2D eigenvalue weighted by Crippen LogP contribution is 2.29. The molecule has 4 heteroatoms. The minimum Gasteiger partial charge on any atom is -0.462 e. The quantitative estimate of drug-likeness (QED) is 0.796. The van der Waals surface area contributed by atoms with Crippen molar-refractivity contribution in [3.8, 4) is 0 Å². The highest BCUT2D eigenvalue weighted by Gasteiger charge is 2.15. The second-order valence-electron chi connectivity index (χ2n) is 4.00. The Hall–Kier alpha value is -1.55. The third-order valence-electron chi connectivity index (χ3n) is 2.97. The zero-order valence-corrected chi connectivity index (χ0v) is 8.87. The van der Waals surface area contributed by atoms with Crippen molar-refractivity contribution in [2.24, 2.45) is 0 Å². The van der Waals surface area contributed by atoms with Crippen LogP contribution < -0.4 is 10.2 Å². The van der Waals surface area contributed by atoms with Gasteiger partial charge in [-0.15, -0.1) is 0 Å². The van der Waals surface area contributed by atoms with Gasteiger partial charge in [0.2, 0.25) is 0 Å². The number of furan rings is 1. The molecule has 16 heavy (non-hydrogen) atoms. The number of halogens is 1. The summed E-state index contributed by atoms with van der Waals surface area (Å²) < 4.78 is 18.6. The minimum atomic E-state index is -0.217. The van der Waals surface area contributed by atoms with Gasteiger partial charge in [-0.3, -0.25) is 0 Å². The van der Waals surface area contributed by atoms with E-state index in [2.05, 4.69) is 10.2 Å². The Balaban J connectivity index is 2.05. The Labute approximate surface area is 92.8 Å². The van der Waals surface area contributed by atoms with E-state index in [0.29, 0.717) is 0 Å². The van der Waals surface area contributed by atoms with Gasteiger partial charge in [-0.1, -0.05) is 0 Å². The molecular formula is C12H13FN2O. The number of nitrogens with one attached hydrogen (secondary N) is 1. The molecule has 1 saturated heterocycles. The van der Waals surface area contributed by atoms with E-state index in [0.717, 1.165) is 42.8 Å². The van der Waals surface area contributed by atoms with E-state index in [1.54, 1.807) is 12.3 Å². The van der Waals surface area contributed by atoms with Gasteiger partial charge in [-0.05, 0) is 18.2 Å². The standard InChI is InChI=1S/C12H13FN2O/c13-9-1-2-12-10(7-9)11(8-16-12)15-5-3-14-4-6-15/h1-2,7-8,14H,3-6H2. The molecule has 2 aromatic rings. The first-order valence-corrected chi connectivity index (χ1v) is 5.47. The first-order valence-electron chi connectivity index (χ1n) is 5.47. The molecule has 1 N–H and O–H groups in total. The van der Waals surface area contributed by atoms with E-state index >= 15 is 0 Å². The number of hydrogen-bond acceptors (Lipinski definition) is 3. The van der Waals surface area contributed by atoms with E-state index in [4.69, 9.17) is 4.42 Å². The lowest BCUT2D eigenvalue weighted by Gasteiger charge is -2.28. The Bertz CT molecular complexity index is 503. The van der Waals surface area contributed by atoms with Crippen molar-refractivity contribution < 1.29 is 8.81 Å². The van der Waals surface area contributed by atoms with Crippen LogP contribution in [-0.4, -0.2) is 26.2 Å². The van der Waals surface area contributed by atoms with Gasteiger partial charge >= 0.3 is 0 Å². The summed E-state index contributed by atoms with van der Waals surface area (Å²) in [6, 6.07) is 4.64. The van der Waals surface area contributed by atoms with Crippen LogP contribution in [0.1, 0.15) is 0 Å². The van der Waals surface area contributed by atoms with Crippen LogP contribution in [0.3, 0.4) is 0 Å². The molecule has 0 amide bonds. The summed E-state index contributed by atoms with van der Waals surface area (Å²) in [5.41, 5.74) is 1.74. The molecule has 1 aliphatic rings. The number of piperazine rings is 1. The molecule has 1 aliphatic heterocycles. The summed E-state index contributed by atoms with van der Waals surface area (Å²) >= 11 is 0. The zero-order chi connectivity index (χ0) is 11.0. The lowest BCUT2D eigenvalue weighted by atomic mass is 10.2. The van der Waals surface area contributed by atoms with Crippen molar-refractivity contribution in [1.82, 2.24) is 5.32 Å². The zero-order valence-electron chi connectivity index (χ0n) is 8.87. The molecule has 1 aromatic heterocycles. The van der Waals surface area contributed by atoms with E-state index in [1.165, 1.54) is 12.1 Å². The highest BCUT2D eigenvalue weighted by molar-refractivity contribution is 5.91. The first-order chi connectivity index (χ1) is 7.84. The van der Waals surface area contributed by atoms with E-state index in [-0.39, 0.29) is 5.82 Å². The molecular weight excluding hydrogens is 207 g/mol. The Morgan fingerprint density at radius 2 is 2.06 bits per heavy atom. The maximum absolute atomic E-state index is 13.2. The SMILES string of the molecule is Fc1ccc2occ(N3CCNCC3)c2c1. The fourth-order valence-corrected chi connectivity index (χ4v) is 2.14. The minimum absolute atomic E-state index is 0.217. The molecule has 0 aliphatic carbocycles. The second-order valence-corrected chi connectivity index (χ2v) is 4.00. The van der Waals surface area contributed by atoms with Gasteiger partial charge in [0.15, 0.2) is 0 Å². The summed E-state index contributed by atoms with van der Waals surface area (Å²) in [6.45, 7) is 3.79. The van der Waals surface area contributed by atoms with Crippen LogP contribution >= 0.6 is 0 Å². The third-order valence-corrected chi connectivity index (χ3v) is 2.97. The second kappa shape index (κ2) is 3.79. The summed E-state index contributed by atoms with van der Waals surface area (Å²) in [5.74, 6) is -0.217. The van der Waals surface area contributed by atoms with Gasteiger partial charge in [0, 0.05) is 31.6 Å². The molecule has 84 valence electrons. The molecule has 0 bridgehead atoms. The molecule has 2 heterocycles. The molecule has 0 spiro atoms. The molecule has 3 nitrogen and oxygen atoms in total. The monoisotopic (exact) mass is 220 g/mol. The Kier molecular flexibility index (Phi) is 2.29. The smallest absolute Gasteiger partial charge is 0.136 e. The van der Waals surface area contributed by atoms with Crippen LogP contribution in [0.15, 0.2) is 28.9 Å². The number of rotatable bonds is 1. The number of benzene rings is 1. The van der Waals surface area contributed by atoms with Crippen LogP contribution in [0, 0.1) is 5.82 Å². The van der Waals surface area contributed by atoms with Gasteiger partial charge < -0.3 is 14.6 Å². The summed E-state index contributed by atoms with van der Waals surface area (Å²) in [6.07, 6.45) is 1.72. The fraction of sp³-hybridized carbons (Fsp3) is 0.333. The molecule has 0 saturated carbocycles. The lowest BCUT2D eigenvalue weighted by Crippen LogP contribution is -2.43. The average molecular weight is 220 g/mol. The highest BCUT2D eigenvalue weighted by atomic mass is 19.1. The number of nitrogens with zero attached hydrogens (tertiary/aromatic N) is 1. The van der Waals surface area contributed by atoms with Crippen molar-refractivity contribution in [3.63, 3.8) is 0 Å². The predicted octanol–water partition coefficient (Wildman–Crippen LogP) is 1.98. The topological polar surface area (TPSA) is 28.4 Å². The summed E-state index contributed by atoms with van der Waals surface area (Å²) in [5, 5.41) is 4.15. The first kappa shape index (κ1) is 9.66. The van der Waals surface area contributed by atoms with Crippen LogP contribution in [0.4, 0.5) is 10.1 Å². The summed E-state index contributed by atoms with van der Waals surface area (Å²) in [4.78, 5) is 2.22. The van der Waals surface area contributed by atoms with Gasteiger partial charge in [-0.25, -0.2) is 4.39 Å². The van der Waals surface area contributed by atoms with Gasteiger partial charge in [0.05, 0.1) is 5.69 Å². The van der Waals surface area contributed by atoms with Crippen LogP contribution in [0.25, 0.3) is 11.0 Å². The van der Waals surface area contributed by atoms with Gasteiger partial charge in [-0.2, -0.15) is 0 Å². The Morgan fingerprint density at radius 3 is 2.88 bits per heavy atom. The molecule has 3 rings (SSSR count). The predicted molar refractivity (Wildman–Crippen MR) is 61.3 cm³/mol. The van der Waals surface area contributed by atoms with E-state index in [1.807, 2.05) is 0 Å². The molecule has 1 aromatic carbocycles. The Morgan fingerprint density at radius 1 is 1.25 bits per heavy atom. The fourth-order valence-electron chi connectivity index (χ4n) is 2.14. The van der Waals surface area contributed by atoms with E-state index in [9.17, 15) is 4.39 Å².